The molecule has 0 N–H and O–H groups in total. The molecule has 0 saturated heterocycles. The Bertz CT molecular complexity index is 505. The van der Waals surface area contributed by atoms with Crippen LogP contribution in [-0.4, -0.2) is 0 Å². The second-order valence-electron chi connectivity index (χ2n) is 7.05. The first-order chi connectivity index (χ1) is 8.50. The third-order valence-corrected chi connectivity index (χ3v) is 9.11. The summed E-state index contributed by atoms with van der Waals surface area (Å²) in [5.74, 6) is 0.686. The Labute approximate surface area is 115 Å². The Morgan fingerprint density at radius 3 is 2.56 bits per heavy atom. The molecule has 0 bridgehead atoms. The van der Waals surface area contributed by atoms with Gasteiger partial charge in [0.05, 0.1) is 0 Å². The van der Waals surface area contributed by atoms with E-state index < -0.39 is 16.6 Å². The molecule has 1 heteroatoms. The van der Waals surface area contributed by atoms with E-state index in [4.69, 9.17) is 0 Å². The Hall–Kier alpha value is -0.326. The van der Waals surface area contributed by atoms with Crippen molar-refractivity contribution in [1.29, 1.82) is 0 Å². The van der Waals surface area contributed by atoms with Crippen molar-refractivity contribution in [3.63, 3.8) is 0 Å². The van der Waals surface area contributed by atoms with Gasteiger partial charge in [-0.2, -0.15) is 0 Å². The van der Waals surface area contributed by atoms with Gasteiger partial charge in [-0.1, -0.05) is 0 Å². The van der Waals surface area contributed by atoms with Crippen molar-refractivity contribution in [2.75, 3.05) is 0 Å². The zero-order valence-electron chi connectivity index (χ0n) is 12.1. The van der Waals surface area contributed by atoms with Crippen molar-refractivity contribution in [1.82, 2.24) is 0 Å². The Morgan fingerprint density at radius 2 is 1.83 bits per heavy atom. The van der Waals surface area contributed by atoms with E-state index in [-0.39, 0.29) is 0 Å². The summed E-state index contributed by atoms with van der Waals surface area (Å²) < 4.78 is 0.955. The van der Waals surface area contributed by atoms with Crippen molar-refractivity contribution >= 4 is 5.57 Å². The average Bonchev–Trinajstić information content (AvgIpc) is 2.63. The molecule has 0 heterocycles. The fourth-order valence-corrected chi connectivity index (χ4v) is 7.85. The van der Waals surface area contributed by atoms with Crippen molar-refractivity contribution < 1.29 is 16.6 Å². The first kappa shape index (κ1) is 12.7. The summed E-state index contributed by atoms with van der Waals surface area (Å²) in [6, 6.07) is 9.13. The second-order valence-corrected chi connectivity index (χ2v) is 15.5. The molecule has 0 spiro atoms. The average molecular weight is 276 g/mol. The van der Waals surface area contributed by atoms with Crippen LogP contribution in [0.5, 0.6) is 0 Å². The van der Waals surface area contributed by atoms with E-state index in [2.05, 4.69) is 46.9 Å². The topological polar surface area (TPSA) is 0 Å². The minimum atomic E-state index is -1.60. The van der Waals surface area contributed by atoms with E-state index in [1.54, 1.807) is 16.7 Å². The summed E-state index contributed by atoms with van der Waals surface area (Å²) in [6.07, 6.45) is 4.19. The third kappa shape index (κ3) is 1.85. The SMILES string of the molecule is CC1C2=C(CCC[CH]2[Ti]([CH3])([CH3])[CH3])c2ccccc21. The number of hydrogen-bond donors (Lipinski definition) is 0. The van der Waals surface area contributed by atoms with Gasteiger partial charge in [0, 0.05) is 0 Å². The van der Waals surface area contributed by atoms with Gasteiger partial charge in [-0.25, -0.2) is 0 Å². The van der Waals surface area contributed by atoms with Gasteiger partial charge < -0.3 is 0 Å². The van der Waals surface area contributed by atoms with Crippen molar-refractivity contribution in [2.24, 2.45) is 0 Å². The number of hydrogen-bond acceptors (Lipinski definition) is 0. The summed E-state index contributed by atoms with van der Waals surface area (Å²) >= 11 is -1.60. The van der Waals surface area contributed by atoms with E-state index in [1.165, 1.54) is 19.3 Å². The molecule has 2 aliphatic rings. The zero-order valence-corrected chi connectivity index (χ0v) is 13.6. The number of rotatable bonds is 1. The van der Waals surface area contributed by atoms with Crippen LogP contribution in [0, 0.1) is 0 Å². The quantitative estimate of drug-likeness (QED) is 0.566. The minimum absolute atomic E-state index is 0.686. The number of benzene rings is 1. The molecule has 0 fully saturated rings. The van der Waals surface area contributed by atoms with Crippen LogP contribution in [0.4, 0.5) is 0 Å². The molecule has 0 nitrogen and oxygen atoms in total. The van der Waals surface area contributed by atoms with Gasteiger partial charge in [0.1, 0.15) is 0 Å². The van der Waals surface area contributed by atoms with Crippen molar-refractivity contribution in [2.45, 2.75) is 52.0 Å². The molecule has 2 unspecified atom stereocenters. The molecular formula is C17H24Ti. The Kier molecular flexibility index (Phi) is 3.07. The normalized spacial score (nSPS) is 27.1. The molecule has 3 rings (SSSR count). The van der Waals surface area contributed by atoms with Gasteiger partial charge in [0.15, 0.2) is 0 Å². The van der Waals surface area contributed by atoms with Crippen LogP contribution >= 0.6 is 0 Å². The van der Waals surface area contributed by atoms with Gasteiger partial charge in [-0.05, 0) is 0 Å². The first-order valence-corrected chi connectivity index (χ1v) is 12.9. The predicted molar refractivity (Wildman–Crippen MR) is 77.0 cm³/mol. The molecule has 0 saturated carbocycles. The summed E-state index contributed by atoms with van der Waals surface area (Å²) in [6.45, 7) is 2.44. The summed E-state index contributed by atoms with van der Waals surface area (Å²) in [5.41, 5.74) is 6.75. The molecule has 18 heavy (non-hydrogen) atoms. The van der Waals surface area contributed by atoms with E-state index in [9.17, 15) is 0 Å². The summed E-state index contributed by atoms with van der Waals surface area (Å²) in [4.78, 5) is 0. The van der Waals surface area contributed by atoms with Gasteiger partial charge in [0.2, 0.25) is 0 Å². The van der Waals surface area contributed by atoms with E-state index >= 15 is 0 Å². The molecule has 1 aromatic rings. The molecule has 2 aliphatic carbocycles. The van der Waals surface area contributed by atoms with Gasteiger partial charge in [-0.15, -0.1) is 0 Å². The molecule has 96 valence electrons. The molecule has 0 amide bonds. The monoisotopic (exact) mass is 276 g/mol. The fraction of sp³-hybridized carbons (Fsp3) is 0.529. The second kappa shape index (κ2) is 4.35. The zero-order chi connectivity index (χ0) is 12.9. The van der Waals surface area contributed by atoms with Crippen LogP contribution in [0.2, 0.25) is 19.9 Å². The van der Waals surface area contributed by atoms with Crippen LogP contribution in [0.15, 0.2) is 29.8 Å². The summed E-state index contributed by atoms with van der Waals surface area (Å²) in [7, 11) is 0. The van der Waals surface area contributed by atoms with Crippen LogP contribution in [0.25, 0.3) is 5.57 Å². The maximum atomic E-state index is 2.59. The molecule has 0 radical (unpaired) electrons. The van der Waals surface area contributed by atoms with Gasteiger partial charge in [0.25, 0.3) is 0 Å². The van der Waals surface area contributed by atoms with Gasteiger partial charge in [-0.3, -0.25) is 0 Å². The van der Waals surface area contributed by atoms with E-state index in [0.717, 1.165) is 4.22 Å². The number of fused-ring (bicyclic) bond motifs is 2. The van der Waals surface area contributed by atoms with E-state index in [0.29, 0.717) is 5.92 Å². The Morgan fingerprint density at radius 1 is 1.11 bits per heavy atom. The van der Waals surface area contributed by atoms with Crippen LogP contribution < -0.4 is 0 Å². The molecule has 0 aliphatic heterocycles. The predicted octanol–water partition coefficient (Wildman–Crippen LogP) is 5.83. The Balaban J connectivity index is 2.13. The van der Waals surface area contributed by atoms with E-state index in [1.807, 2.05) is 5.57 Å². The van der Waals surface area contributed by atoms with Crippen molar-refractivity contribution in [3.05, 3.63) is 41.0 Å². The maximum absolute atomic E-state index is 2.59. The van der Waals surface area contributed by atoms with Gasteiger partial charge >= 0.3 is 115 Å². The third-order valence-electron chi connectivity index (χ3n) is 4.91. The van der Waals surface area contributed by atoms with Crippen LogP contribution in [0.1, 0.15) is 43.2 Å². The molecular weight excluding hydrogens is 252 g/mol. The first-order valence-electron chi connectivity index (χ1n) is 7.32. The summed E-state index contributed by atoms with van der Waals surface area (Å²) in [5, 5.41) is 7.78. The fourth-order valence-electron chi connectivity index (χ4n) is 4.06. The standard InChI is InChI=1S/C14H15.3CH3.Ti/c1-10-11-6-2-4-8-13(11)14-9-5-3-7-12(10)14;;;;/h2,4,6-8,10H,3,5,9H2,1H3;3*1H3;. The number of allylic oxidation sites excluding steroid dienone is 2. The van der Waals surface area contributed by atoms with Crippen LogP contribution in [-0.2, 0) is 16.6 Å². The molecule has 1 aromatic carbocycles. The molecule has 0 aromatic heterocycles. The van der Waals surface area contributed by atoms with Crippen LogP contribution in [0.3, 0.4) is 0 Å². The van der Waals surface area contributed by atoms with Crippen molar-refractivity contribution in [3.8, 4) is 0 Å². The molecule has 2 atom stereocenters.